The van der Waals surface area contributed by atoms with Crippen LogP contribution >= 0.6 is 0 Å². The van der Waals surface area contributed by atoms with Crippen LogP contribution in [0.25, 0.3) is 0 Å². The second-order valence-corrected chi connectivity index (χ2v) is 7.02. The van der Waals surface area contributed by atoms with E-state index in [0.29, 0.717) is 24.1 Å². The molecule has 1 saturated carbocycles. The minimum atomic E-state index is -3.63. The Morgan fingerprint density at radius 2 is 2.00 bits per heavy atom. The highest BCUT2D eigenvalue weighted by molar-refractivity contribution is 7.89. The van der Waals surface area contributed by atoms with Gasteiger partial charge in [-0.2, -0.15) is 0 Å². The molecule has 5 nitrogen and oxygen atoms in total. The van der Waals surface area contributed by atoms with E-state index in [9.17, 15) is 13.5 Å². The first-order valence-electron chi connectivity index (χ1n) is 6.41. The smallest absolute Gasteiger partial charge is 0.241 e. The molecular weight excluding hydrogens is 264 g/mol. The lowest BCUT2D eigenvalue weighted by molar-refractivity contribution is 0.0532. The highest BCUT2D eigenvalue weighted by Crippen LogP contribution is 2.29. The zero-order valence-electron chi connectivity index (χ0n) is 11.0. The fourth-order valence-corrected chi connectivity index (χ4v) is 3.82. The number of benzene rings is 1. The van der Waals surface area contributed by atoms with Gasteiger partial charge in [-0.05, 0) is 37.5 Å². The number of rotatable bonds is 4. The zero-order valence-corrected chi connectivity index (χ0v) is 11.8. The normalized spacial score (nSPS) is 18.6. The van der Waals surface area contributed by atoms with E-state index in [4.69, 9.17) is 5.73 Å². The molecule has 0 radical (unpaired) electrons. The number of nitrogens with two attached hydrogens (primary N) is 1. The molecule has 0 amide bonds. The van der Waals surface area contributed by atoms with Gasteiger partial charge in [0.1, 0.15) is 0 Å². The Labute approximate surface area is 113 Å². The lowest BCUT2D eigenvalue weighted by Gasteiger charge is -2.22. The predicted octanol–water partition coefficient (Wildman–Crippen LogP) is 1.16. The Hall–Kier alpha value is -1.11. The molecule has 0 bridgehead atoms. The van der Waals surface area contributed by atoms with Crippen molar-refractivity contribution in [3.63, 3.8) is 0 Å². The molecule has 0 atom stereocenters. The van der Waals surface area contributed by atoms with Crippen LogP contribution in [0.15, 0.2) is 23.1 Å². The topological polar surface area (TPSA) is 92.4 Å². The molecule has 1 aliphatic carbocycles. The average Bonchev–Trinajstić information content (AvgIpc) is 2.78. The van der Waals surface area contributed by atoms with Crippen LogP contribution in [0.1, 0.15) is 31.2 Å². The molecule has 0 saturated heterocycles. The molecule has 0 heterocycles. The quantitative estimate of drug-likeness (QED) is 0.723. The number of hydrogen-bond donors (Lipinski definition) is 3. The first-order chi connectivity index (χ1) is 8.82. The fourth-order valence-electron chi connectivity index (χ4n) is 2.42. The Morgan fingerprint density at radius 3 is 2.63 bits per heavy atom. The van der Waals surface area contributed by atoms with Gasteiger partial charge < -0.3 is 10.8 Å². The second kappa shape index (κ2) is 5.11. The van der Waals surface area contributed by atoms with Crippen LogP contribution < -0.4 is 10.5 Å². The molecule has 19 heavy (non-hydrogen) atoms. The molecule has 106 valence electrons. The first-order valence-corrected chi connectivity index (χ1v) is 7.89. The Kier molecular flexibility index (Phi) is 3.85. The van der Waals surface area contributed by atoms with Gasteiger partial charge in [-0.15, -0.1) is 0 Å². The number of hydrogen-bond acceptors (Lipinski definition) is 4. The summed E-state index contributed by atoms with van der Waals surface area (Å²) in [6.45, 7) is 1.78. The average molecular weight is 284 g/mol. The molecular formula is C13H20N2O3S. The lowest BCUT2D eigenvalue weighted by atomic mass is 10.0. The Bertz CT molecular complexity index is 563. The third-order valence-electron chi connectivity index (χ3n) is 3.63. The molecule has 1 aromatic rings. The van der Waals surface area contributed by atoms with Crippen molar-refractivity contribution in [2.75, 3.05) is 12.3 Å². The number of nitrogens with one attached hydrogen (secondary N) is 1. The van der Waals surface area contributed by atoms with E-state index in [1.54, 1.807) is 19.1 Å². The summed E-state index contributed by atoms with van der Waals surface area (Å²) in [6.07, 6.45) is 3.17. The molecule has 0 aromatic heterocycles. The van der Waals surface area contributed by atoms with Gasteiger partial charge in [-0.25, -0.2) is 13.1 Å². The first kappa shape index (κ1) is 14.3. The number of aliphatic hydroxyl groups is 1. The molecule has 0 unspecified atom stereocenters. The van der Waals surface area contributed by atoms with E-state index in [1.165, 1.54) is 6.07 Å². The summed E-state index contributed by atoms with van der Waals surface area (Å²) < 4.78 is 26.9. The molecule has 1 fully saturated rings. The maximum absolute atomic E-state index is 12.2. The van der Waals surface area contributed by atoms with Crippen LogP contribution in [-0.4, -0.2) is 25.7 Å². The molecule has 6 heteroatoms. The largest absolute Gasteiger partial charge is 0.399 e. The Balaban J connectivity index is 2.16. The summed E-state index contributed by atoms with van der Waals surface area (Å²) in [7, 11) is -3.63. The summed E-state index contributed by atoms with van der Waals surface area (Å²) in [5.41, 5.74) is 5.77. The monoisotopic (exact) mass is 284 g/mol. The SMILES string of the molecule is Cc1ccc(N)cc1S(=O)(=O)NCC1(O)CCCC1. The van der Waals surface area contributed by atoms with Crippen molar-refractivity contribution >= 4 is 15.7 Å². The minimum Gasteiger partial charge on any atom is -0.399 e. The van der Waals surface area contributed by atoms with E-state index >= 15 is 0 Å². The Morgan fingerprint density at radius 1 is 1.37 bits per heavy atom. The fraction of sp³-hybridized carbons (Fsp3) is 0.538. The highest BCUT2D eigenvalue weighted by Gasteiger charge is 2.32. The minimum absolute atomic E-state index is 0.0591. The number of anilines is 1. The van der Waals surface area contributed by atoms with Crippen LogP contribution in [-0.2, 0) is 10.0 Å². The van der Waals surface area contributed by atoms with Gasteiger partial charge in [-0.3, -0.25) is 0 Å². The van der Waals surface area contributed by atoms with Crippen molar-refractivity contribution in [3.05, 3.63) is 23.8 Å². The van der Waals surface area contributed by atoms with Crippen LogP contribution in [0.4, 0.5) is 5.69 Å². The summed E-state index contributed by atoms with van der Waals surface area (Å²) in [5.74, 6) is 0. The van der Waals surface area contributed by atoms with E-state index < -0.39 is 15.6 Å². The summed E-state index contributed by atoms with van der Waals surface area (Å²) in [5, 5.41) is 10.2. The summed E-state index contributed by atoms with van der Waals surface area (Å²) >= 11 is 0. The van der Waals surface area contributed by atoms with Crippen LogP contribution in [0.5, 0.6) is 0 Å². The summed E-state index contributed by atoms with van der Waals surface area (Å²) in [6, 6.07) is 4.78. The van der Waals surface area contributed by atoms with Crippen LogP contribution in [0.3, 0.4) is 0 Å². The predicted molar refractivity (Wildman–Crippen MR) is 74.2 cm³/mol. The number of sulfonamides is 1. The molecule has 2 rings (SSSR count). The second-order valence-electron chi connectivity index (χ2n) is 5.28. The third kappa shape index (κ3) is 3.26. The van der Waals surface area contributed by atoms with Crippen molar-refractivity contribution in [3.8, 4) is 0 Å². The molecule has 0 spiro atoms. The van der Waals surface area contributed by atoms with Gasteiger partial charge in [0.2, 0.25) is 10.0 Å². The van der Waals surface area contributed by atoms with Crippen molar-refractivity contribution in [2.45, 2.75) is 43.1 Å². The van der Waals surface area contributed by atoms with Gasteiger partial charge in [0.05, 0.1) is 10.5 Å². The van der Waals surface area contributed by atoms with Crippen molar-refractivity contribution < 1.29 is 13.5 Å². The molecule has 4 N–H and O–H groups in total. The van der Waals surface area contributed by atoms with Crippen molar-refractivity contribution in [2.24, 2.45) is 0 Å². The highest BCUT2D eigenvalue weighted by atomic mass is 32.2. The van der Waals surface area contributed by atoms with E-state index in [1.807, 2.05) is 0 Å². The van der Waals surface area contributed by atoms with Gasteiger partial charge in [0, 0.05) is 12.2 Å². The van der Waals surface area contributed by atoms with Crippen LogP contribution in [0, 0.1) is 6.92 Å². The number of aryl methyl sites for hydroxylation is 1. The van der Waals surface area contributed by atoms with Gasteiger partial charge >= 0.3 is 0 Å². The van der Waals surface area contributed by atoms with E-state index in [-0.39, 0.29) is 11.4 Å². The lowest BCUT2D eigenvalue weighted by Crippen LogP contribution is -2.40. The number of nitrogen functional groups attached to an aromatic ring is 1. The van der Waals surface area contributed by atoms with E-state index in [0.717, 1.165) is 12.8 Å². The maximum Gasteiger partial charge on any atom is 0.241 e. The zero-order chi connectivity index (χ0) is 14.1. The van der Waals surface area contributed by atoms with Gasteiger partial charge in [0.25, 0.3) is 0 Å². The van der Waals surface area contributed by atoms with E-state index in [2.05, 4.69) is 4.72 Å². The van der Waals surface area contributed by atoms with Crippen molar-refractivity contribution in [1.82, 2.24) is 4.72 Å². The third-order valence-corrected chi connectivity index (χ3v) is 5.17. The molecule has 1 aliphatic rings. The molecule has 0 aliphatic heterocycles. The van der Waals surface area contributed by atoms with Crippen LogP contribution in [0.2, 0.25) is 0 Å². The van der Waals surface area contributed by atoms with Gasteiger partial charge in [-0.1, -0.05) is 18.9 Å². The standard InChI is InChI=1S/C13H20N2O3S/c1-10-4-5-11(14)8-12(10)19(17,18)15-9-13(16)6-2-3-7-13/h4-5,8,15-16H,2-3,6-7,9,14H2,1H3. The summed E-state index contributed by atoms with van der Waals surface area (Å²) in [4.78, 5) is 0.175. The van der Waals surface area contributed by atoms with Crippen molar-refractivity contribution in [1.29, 1.82) is 0 Å². The molecule has 1 aromatic carbocycles. The maximum atomic E-state index is 12.2. The van der Waals surface area contributed by atoms with Gasteiger partial charge in [0.15, 0.2) is 0 Å².